The topological polar surface area (TPSA) is 35.9 Å². The van der Waals surface area contributed by atoms with Crippen molar-refractivity contribution in [2.75, 3.05) is 52.4 Å². The monoisotopic (exact) mass is 252 g/mol. The summed E-state index contributed by atoms with van der Waals surface area (Å²) in [4.78, 5) is 4.27. The van der Waals surface area contributed by atoms with Gasteiger partial charge in [0.25, 0.3) is 0 Å². The maximum atomic E-state index is 9.04. The molecule has 0 bridgehead atoms. The van der Waals surface area contributed by atoms with Crippen LogP contribution in [0.2, 0.25) is 0 Å². The number of rotatable bonds is 8. The molecule has 0 radical (unpaired) electrons. The molecule has 0 atom stereocenters. The number of aliphatic hydroxyl groups excluding tert-OH is 1. The van der Waals surface area contributed by atoms with Crippen LogP contribution in [0.4, 0.5) is 5.69 Å². The zero-order valence-electron chi connectivity index (χ0n) is 11.6. The Morgan fingerprint density at radius 2 is 1.78 bits per heavy atom. The Balaban J connectivity index is 2.56. The summed E-state index contributed by atoms with van der Waals surface area (Å²) < 4.78 is 5.08. The summed E-state index contributed by atoms with van der Waals surface area (Å²) in [5.74, 6) is 0. The Bertz CT molecular complexity index is 325. The second kappa shape index (κ2) is 8.08. The van der Waals surface area contributed by atoms with Crippen LogP contribution in [0.25, 0.3) is 0 Å². The van der Waals surface area contributed by atoms with E-state index in [2.05, 4.69) is 34.1 Å². The lowest BCUT2D eigenvalue weighted by Crippen LogP contribution is -2.29. The van der Waals surface area contributed by atoms with Crippen molar-refractivity contribution in [1.29, 1.82) is 0 Å². The summed E-state index contributed by atoms with van der Waals surface area (Å²) in [5.41, 5.74) is 2.45. The maximum Gasteiger partial charge on any atom is 0.0589 e. The fraction of sp³-hybridized carbons (Fsp3) is 0.571. The molecule has 0 aromatic heterocycles. The highest BCUT2D eigenvalue weighted by Crippen LogP contribution is 2.13. The first kappa shape index (κ1) is 15.0. The van der Waals surface area contributed by atoms with Crippen LogP contribution in [0.1, 0.15) is 5.56 Å². The van der Waals surface area contributed by atoms with Crippen LogP contribution in [-0.2, 0) is 11.3 Å². The summed E-state index contributed by atoms with van der Waals surface area (Å²) in [7, 11) is 5.76. The Labute approximate surface area is 110 Å². The van der Waals surface area contributed by atoms with Crippen molar-refractivity contribution in [1.82, 2.24) is 4.90 Å². The molecule has 4 nitrogen and oxygen atoms in total. The van der Waals surface area contributed by atoms with E-state index in [1.54, 1.807) is 7.11 Å². The Morgan fingerprint density at radius 3 is 2.28 bits per heavy atom. The normalized spacial score (nSPS) is 10.9. The highest BCUT2D eigenvalue weighted by molar-refractivity contribution is 5.45. The average molecular weight is 252 g/mol. The van der Waals surface area contributed by atoms with Gasteiger partial charge in [-0.25, -0.2) is 0 Å². The largest absolute Gasteiger partial charge is 0.395 e. The number of anilines is 1. The van der Waals surface area contributed by atoms with E-state index < -0.39 is 0 Å². The lowest BCUT2D eigenvalue weighted by atomic mass is 10.2. The van der Waals surface area contributed by atoms with Crippen molar-refractivity contribution < 1.29 is 9.84 Å². The molecule has 0 unspecified atom stereocenters. The molecule has 1 aromatic carbocycles. The van der Waals surface area contributed by atoms with Crippen LogP contribution in [0.3, 0.4) is 0 Å². The lowest BCUT2D eigenvalue weighted by Gasteiger charge is -2.21. The smallest absolute Gasteiger partial charge is 0.0589 e. The van der Waals surface area contributed by atoms with Gasteiger partial charge in [0.2, 0.25) is 0 Å². The Hall–Kier alpha value is -1.10. The second-order valence-electron chi connectivity index (χ2n) is 4.55. The minimum Gasteiger partial charge on any atom is -0.395 e. The van der Waals surface area contributed by atoms with Gasteiger partial charge in [0.15, 0.2) is 0 Å². The van der Waals surface area contributed by atoms with Crippen molar-refractivity contribution in [3.8, 4) is 0 Å². The van der Waals surface area contributed by atoms with Crippen LogP contribution in [0.15, 0.2) is 24.3 Å². The van der Waals surface area contributed by atoms with Gasteiger partial charge in [0.1, 0.15) is 0 Å². The molecular formula is C14H24N2O2. The van der Waals surface area contributed by atoms with Crippen molar-refractivity contribution in [2.24, 2.45) is 0 Å². The summed E-state index contributed by atoms with van der Waals surface area (Å²) in [5, 5.41) is 9.04. The molecule has 1 N–H and O–H groups in total. The van der Waals surface area contributed by atoms with Gasteiger partial charge in [-0.05, 0) is 17.7 Å². The number of benzene rings is 1. The molecule has 1 aromatic rings. The molecule has 0 aliphatic heterocycles. The molecule has 0 spiro atoms. The molecule has 0 heterocycles. The zero-order valence-corrected chi connectivity index (χ0v) is 11.6. The number of ether oxygens (including phenoxy) is 1. The van der Waals surface area contributed by atoms with E-state index in [9.17, 15) is 0 Å². The third kappa shape index (κ3) is 5.04. The third-order valence-electron chi connectivity index (χ3n) is 2.89. The summed E-state index contributed by atoms with van der Waals surface area (Å²) in [6.45, 7) is 3.23. The van der Waals surface area contributed by atoms with Crippen molar-refractivity contribution >= 4 is 5.69 Å². The summed E-state index contributed by atoms with van der Waals surface area (Å²) in [6, 6.07) is 8.49. The lowest BCUT2D eigenvalue weighted by molar-refractivity contribution is 0.127. The van der Waals surface area contributed by atoms with Gasteiger partial charge < -0.3 is 14.7 Å². The number of hydrogen-bond acceptors (Lipinski definition) is 4. The van der Waals surface area contributed by atoms with Crippen LogP contribution in [-0.4, -0.2) is 57.5 Å². The maximum absolute atomic E-state index is 9.04. The molecule has 0 aliphatic carbocycles. The molecule has 0 aliphatic rings. The first-order valence-corrected chi connectivity index (χ1v) is 6.25. The van der Waals surface area contributed by atoms with Crippen molar-refractivity contribution in [3.05, 3.63) is 29.8 Å². The standard InChI is InChI=1S/C14H24N2O2/c1-15(2)14-6-4-13(5-7-14)12-16(8-10-17)9-11-18-3/h4-7,17H,8-12H2,1-3H3. The number of methoxy groups -OCH3 is 1. The van der Waals surface area contributed by atoms with Crippen LogP contribution < -0.4 is 4.90 Å². The fourth-order valence-electron chi connectivity index (χ4n) is 1.79. The molecule has 0 saturated heterocycles. The van der Waals surface area contributed by atoms with Gasteiger partial charge in [0, 0.05) is 46.5 Å². The van der Waals surface area contributed by atoms with Gasteiger partial charge >= 0.3 is 0 Å². The number of nitrogens with zero attached hydrogens (tertiary/aromatic N) is 2. The first-order chi connectivity index (χ1) is 8.67. The molecule has 0 fully saturated rings. The summed E-state index contributed by atoms with van der Waals surface area (Å²) in [6.07, 6.45) is 0. The SMILES string of the molecule is COCCN(CCO)Cc1ccc(N(C)C)cc1. The molecule has 0 amide bonds. The highest BCUT2D eigenvalue weighted by atomic mass is 16.5. The van der Waals surface area contributed by atoms with Gasteiger partial charge in [-0.15, -0.1) is 0 Å². The Kier molecular flexibility index (Phi) is 6.72. The van der Waals surface area contributed by atoms with E-state index in [1.807, 2.05) is 14.1 Å². The van der Waals surface area contributed by atoms with E-state index >= 15 is 0 Å². The molecule has 18 heavy (non-hydrogen) atoms. The molecule has 0 saturated carbocycles. The third-order valence-corrected chi connectivity index (χ3v) is 2.89. The van der Waals surface area contributed by atoms with Gasteiger partial charge in [-0.3, -0.25) is 4.90 Å². The number of aliphatic hydroxyl groups is 1. The van der Waals surface area contributed by atoms with Crippen molar-refractivity contribution in [3.63, 3.8) is 0 Å². The minimum absolute atomic E-state index is 0.180. The predicted octanol–water partition coefficient (Wildman–Crippen LogP) is 1.19. The van der Waals surface area contributed by atoms with E-state index in [1.165, 1.54) is 11.3 Å². The fourth-order valence-corrected chi connectivity index (χ4v) is 1.79. The van der Waals surface area contributed by atoms with E-state index in [0.29, 0.717) is 13.2 Å². The highest BCUT2D eigenvalue weighted by Gasteiger charge is 2.05. The van der Waals surface area contributed by atoms with E-state index in [-0.39, 0.29) is 6.61 Å². The van der Waals surface area contributed by atoms with Crippen LogP contribution in [0, 0.1) is 0 Å². The number of hydrogen-bond donors (Lipinski definition) is 1. The average Bonchev–Trinajstić information content (AvgIpc) is 2.37. The zero-order chi connectivity index (χ0) is 13.4. The molecule has 1 rings (SSSR count). The molecular weight excluding hydrogens is 228 g/mol. The summed E-state index contributed by atoms with van der Waals surface area (Å²) >= 11 is 0. The second-order valence-corrected chi connectivity index (χ2v) is 4.55. The first-order valence-electron chi connectivity index (χ1n) is 6.25. The van der Waals surface area contributed by atoms with E-state index in [4.69, 9.17) is 9.84 Å². The Morgan fingerprint density at radius 1 is 1.11 bits per heavy atom. The van der Waals surface area contributed by atoms with Crippen molar-refractivity contribution in [2.45, 2.75) is 6.54 Å². The minimum atomic E-state index is 0.180. The molecule has 102 valence electrons. The van der Waals surface area contributed by atoms with Gasteiger partial charge in [-0.2, -0.15) is 0 Å². The molecule has 4 heteroatoms. The van der Waals surface area contributed by atoms with Gasteiger partial charge in [-0.1, -0.05) is 12.1 Å². The van der Waals surface area contributed by atoms with Crippen LogP contribution in [0.5, 0.6) is 0 Å². The van der Waals surface area contributed by atoms with Gasteiger partial charge in [0.05, 0.1) is 13.2 Å². The van der Waals surface area contributed by atoms with E-state index in [0.717, 1.165) is 13.1 Å². The van der Waals surface area contributed by atoms with Crippen LogP contribution >= 0.6 is 0 Å². The quantitative estimate of drug-likeness (QED) is 0.754. The predicted molar refractivity (Wildman–Crippen MR) is 75.0 cm³/mol.